The molecule has 1 unspecified atom stereocenters. The van der Waals surface area contributed by atoms with Gasteiger partial charge in [-0.15, -0.1) is 0 Å². The van der Waals surface area contributed by atoms with E-state index >= 15 is 0 Å². The second kappa shape index (κ2) is 6.07. The second-order valence-corrected chi connectivity index (χ2v) is 5.77. The Morgan fingerprint density at radius 1 is 1.11 bits per heavy atom. The molecule has 0 radical (unpaired) electrons. The Hall–Kier alpha value is -0.540. The van der Waals surface area contributed by atoms with E-state index in [2.05, 4.69) is 15.9 Å². The summed E-state index contributed by atoms with van der Waals surface area (Å²) in [6.45, 7) is 0. The molecule has 2 aromatic carbocycles. The molecule has 0 saturated heterocycles. The lowest BCUT2D eigenvalue weighted by atomic mass is 10.0. The number of halogens is 3. The van der Waals surface area contributed by atoms with E-state index < -0.39 is 6.10 Å². The highest BCUT2D eigenvalue weighted by Gasteiger charge is 2.11. The first-order valence-electron chi connectivity index (χ1n) is 5.44. The summed E-state index contributed by atoms with van der Waals surface area (Å²) in [5, 5.41) is 11.4. The number of aliphatic hydroxyl groups is 1. The average Bonchev–Trinajstić information content (AvgIpc) is 2.34. The van der Waals surface area contributed by atoms with Gasteiger partial charge in [0.05, 0.1) is 6.10 Å². The maximum atomic E-state index is 10.2. The third-order valence-electron chi connectivity index (χ3n) is 2.65. The van der Waals surface area contributed by atoms with Crippen molar-refractivity contribution in [3.05, 3.63) is 68.1 Å². The number of rotatable bonds is 3. The highest BCUT2D eigenvalue weighted by molar-refractivity contribution is 9.10. The molecule has 0 aliphatic carbocycles. The summed E-state index contributed by atoms with van der Waals surface area (Å²) in [5.41, 5.74) is 1.69. The van der Waals surface area contributed by atoms with Crippen LogP contribution in [0.5, 0.6) is 0 Å². The minimum atomic E-state index is -0.599. The predicted molar refractivity (Wildman–Crippen MR) is 79.3 cm³/mol. The van der Waals surface area contributed by atoms with E-state index in [-0.39, 0.29) is 0 Å². The van der Waals surface area contributed by atoms with Gasteiger partial charge < -0.3 is 5.11 Å². The molecule has 0 amide bonds. The van der Waals surface area contributed by atoms with Crippen molar-refractivity contribution in [2.45, 2.75) is 12.5 Å². The van der Waals surface area contributed by atoms with Crippen molar-refractivity contribution in [3.8, 4) is 0 Å². The Bertz CT molecular complexity index is 557. The molecular formula is C14H11BrCl2O. The lowest BCUT2D eigenvalue weighted by molar-refractivity contribution is 0.178. The monoisotopic (exact) mass is 344 g/mol. The fourth-order valence-corrected chi connectivity index (χ4v) is 2.55. The normalized spacial score (nSPS) is 12.4. The zero-order valence-corrected chi connectivity index (χ0v) is 12.5. The fourth-order valence-electron chi connectivity index (χ4n) is 1.74. The average molecular weight is 346 g/mol. The topological polar surface area (TPSA) is 20.2 Å². The molecule has 0 fully saturated rings. The fraction of sp³-hybridized carbons (Fsp3) is 0.143. The number of benzene rings is 2. The first-order chi connectivity index (χ1) is 8.56. The molecule has 1 nitrogen and oxygen atoms in total. The van der Waals surface area contributed by atoms with E-state index in [0.29, 0.717) is 16.5 Å². The first-order valence-corrected chi connectivity index (χ1v) is 6.98. The van der Waals surface area contributed by atoms with Gasteiger partial charge in [0.2, 0.25) is 0 Å². The molecule has 1 atom stereocenters. The summed E-state index contributed by atoms with van der Waals surface area (Å²) >= 11 is 15.4. The summed E-state index contributed by atoms with van der Waals surface area (Å²) in [6, 6.07) is 12.8. The summed E-state index contributed by atoms with van der Waals surface area (Å²) in [4.78, 5) is 0. The van der Waals surface area contributed by atoms with E-state index in [0.717, 1.165) is 15.6 Å². The molecule has 2 rings (SSSR count). The van der Waals surface area contributed by atoms with Crippen LogP contribution in [0.1, 0.15) is 17.2 Å². The van der Waals surface area contributed by atoms with Crippen LogP contribution in [-0.2, 0) is 6.42 Å². The molecule has 0 heterocycles. The quantitative estimate of drug-likeness (QED) is 0.826. The van der Waals surface area contributed by atoms with Gasteiger partial charge in [0, 0.05) is 20.9 Å². The standard InChI is InChI=1S/C14H11BrCl2O/c15-11-3-1-2-9(6-11)14(18)8-10-7-12(16)4-5-13(10)17/h1-7,14,18H,8H2. The highest BCUT2D eigenvalue weighted by atomic mass is 79.9. The third-order valence-corrected chi connectivity index (χ3v) is 3.75. The maximum Gasteiger partial charge on any atom is 0.0831 e. The van der Waals surface area contributed by atoms with Gasteiger partial charge in [-0.3, -0.25) is 0 Å². The van der Waals surface area contributed by atoms with Crippen molar-refractivity contribution in [2.24, 2.45) is 0 Å². The van der Waals surface area contributed by atoms with E-state index in [9.17, 15) is 5.11 Å². The molecule has 18 heavy (non-hydrogen) atoms. The van der Waals surface area contributed by atoms with E-state index in [1.165, 1.54) is 0 Å². The molecule has 0 aliphatic heterocycles. The van der Waals surface area contributed by atoms with E-state index in [1.807, 2.05) is 24.3 Å². The Labute approximate surface area is 124 Å². The van der Waals surface area contributed by atoms with Crippen molar-refractivity contribution in [2.75, 3.05) is 0 Å². The van der Waals surface area contributed by atoms with Gasteiger partial charge in [0.1, 0.15) is 0 Å². The minimum Gasteiger partial charge on any atom is -0.388 e. The molecule has 0 aliphatic rings. The van der Waals surface area contributed by atoms with E-state index in [1.54, 1.807) is 18.2 Å². The van der Waals surface area contributed by atoms with Crippen LogP contribution in [0.25, 0.3) is 0 Å². The number of hydrogen-bond acceptors (Lipinski definition) is 1. The molecule has 94 valence electrons. The predicted octanol–water partition coefficient (Wildman–Crippen LogP) is 5.03. The van der Waals surface area contributed by atoms with Crippen LogP contribution in [0.3, 0.4) is 0 Å². The van der Waals surface area contributed by atoms with Gasteiger partial charge >= 0.3 is 0 Å². The Kier molecular flexibility index (Phi) is 4.68. The molecular weight excluding hydrogens is 335 g/mol. The Balaban J connectivity index is 2.21. The van der Waals surface area contributed by atoms with Gasteiger partial charge in [-0.1, -0.05) is 51.3 Å². The molecule has 0 spiro atoms. The summed E-state index contributed by atoms with van der Waals surface area (Å²) in [6.07, 6.45) is -0.158. The van der Waals surface area contributed by atoms with E-state index in [4.69, 9.17) is 23.2 Å². The van der Waals surface area contributed by atoms with Gasteiger partial charge in [-0.05, 0) is 41.5 Å². The van der Waals surface area contributed by atoms with Crippen molar-refractivity contribution in [1.29, 1.82) is 0 Å². The molecule has 2 aromatic rings. The summed E-state index contributed by atoms with van der Waals surface area (Å²) < 4.78 is 0.941. The zero-order chi connectivity index (χ0) is 13.1. The first kappa shape index (κ1) is 13.9. The molecule has 0 aromatic heterocycles. The van der Waals surface area contributed by atoms with Crippen molar-refractivity contribution < 1.29 is 5.11 Å². The lowest BCUT2D eigenvalue weighted by Crippen LogP contribution is -2.02. The SMILES string of the molecule is OC(Cc1cc(Cl)ccc1Cl)c1cccc(Br)c1. The molecule has 1 N–H and O–H groups in total. The van der Waals surface area contributed by atoms with Crippen molar-refractivity contribution in [3.63, 3.8) is 0 Å². The Morgan fingerprint density at radius 3 is 2.61 bits per heavy atom. The highest BCUT2D eigenvalue weighted by Crippen LogP contribution is 2.27. The van der Waals surface area contributed by atoms with Crippen LogP contribution in [0.15, 0.2) is 46.9 Å². The zero-order valence-electron chi connectivity index (χ0n) is 9.41. The van der Waals surface area contributed by atoms with Gasteiger partial charge in [-0.25, -0.2) is 0 Å². The second-order valence-electron chi connectivity index (χ2n) is 4.01. The van der Waals surface area contributed by atoms with Crippen LogP contribution in [-0.4, -0.2) is 5.11 Å². The Morgan fingerprint density at radius 2 is 1.89 bits per heavy atom. The number of hydrogen-bond donors (Lipinski definition) is 1. The largest absolute Gasteiger partial charge is 0.388 e. The van der Waals surface area contributed by atoms with Crippen LogP contribution in [0.2, 0.25) is 10.0 Å². The van der Waals surface area contributed by atoms with Crippen LogP contribution in [0.4, 0.5) is 0 Å². The third kappa shape index (κ3) is 3.48. The van der Waals surface area contributed by atoms with Crippen LogP contribution in [0, 0.1) is 0 Å². The molecule has 4 heteroatoms. The van der Waals surface area contributed by atoms with Gasteiger partial charge in [0.15, 0.2) is 0 Å². The van der Waals surface area contributed by atoms with Crippen LogP contribution < -0.4 is 0 Å². The summed E-state index contributed by atoms with van der Waals surface area (Å²) in [5.74, 6) is 0. The van der Waals surface area contributed by atoms with Gasteiger partial charge in [0.25, 0.3) is 0 Å². The lowest BCUT2D eigenvalue weighted by Gasteiger charge is -2.13. The van der Waals surface area contributed by atoms with Crippen molar-refractivity contribution in [1.82, 2.24) is 0 Å². The molecule has 0 bridgehead atoms. The number of aliphatic hydroxyl groups excluding tert-OH is 1. The van der Waals surface area contributed by atoms with Crippen LogP contribution >= 0.6 is 39.1 Å². The molecule has 0 saturated carbocycles. The van der Waals surface area contributed by atoms with Gasteiger partial charge in [-0.2, -0.15) is 0 Å². The minimum absolute atomic E-state index is 0.440. The van der Waals surface area contributed by atoms with Crippen molar-refractivity contribution >= 4 is 39.1 Å². The summed E-state index contributed by atoms with van der Waals surface area (Å²) in [7, 11) is 0. The smallest absolute Gasteiger partial charge is 0.0831 e. The maximum absolute atomic E-state index is 10.2.